The second kappa shape index (κ2) is 7.22. The standard InChI is InChI=1S/C12H19NO3/c1-3-10-5-4-6-12(7-10)16-9-11(14)8-13-15-2/h4-7,11,13-14H,3,8-9H2,1-2H3. The van der Waals surface area contributed by atoms with Gasteiger partial charge >= 0.3 is 0 Å². The first-order valence-electron chi connectivity index (χ1n) is 5.42. The molecule has 90 valence electrons. The van der Waals surface area contributed by atoms with Gasteiger partial charge in [-0.3, -0.25) is 0 Å². The quantitative estimate of drug-likeness (QED) is 0.683. The molecule has 0 aliphatic rings. The highest BCUT2D eigenvalue weighted by Gasteiger charge is 2.04. The summed E-state index contributed by atoms with van der Waals surface area (Å²) in [4.78, 5) is 4.64. The van der Waals surface area contributed by atoms with Gasteiger partial charge in [0.1, 0.15) is 18.5 Å². The molecule has 1 atom stereocenters. The molecule has 0 radical (unpaired) electrons. The third kappa shape index (κ3) is 4.61. The van der Waals surface area contributed by atoms with Gasteiger partial charge in [-0.05, 0) is 24.1 Å². The van der Waals surface area contributed by atoms with Crippen molar-refractivity contribution in [2.75, 3.05) is 20.3 Å². The molecule has 0 spiro atoms. The Labute approximate surface area is 96.1 Å². The second-order valence-corrected chi connectivity index (χ2v) is 3.52. The Kier molecular flexibility index (Phi) is 5.85. The largest absolute Gasteiger partial charge is 0.491 e. The van der Waals surface area contributed by atoms with E-state index in [1.807, 2.05) is 18.2 Å². The van der Waals surface area contributed by atoms with Gasteiger partial charge in [-0.1, -0.05) is 19.1 Å². The van der Waals surface area contributed by atoms with Crippen LogP contribution < -0.4 is 10.2 Å². The zero-order valence-electron chi connectivity index (χ0n) is 9.77. The van der Waals surface area contributed by atoms with E-state index in [4.69, 9.17) is 4.74 Å². The minimum absolute atomic E-state index is 0.253. The summed E-state index contributed by atoms with van der Waals surface area (Å²) >= 11 is 0. The molecule has 0 fully saturated rings. The molecule has 16 heavy (non-hydrogen) atoms. The fraction of sp³-hybridized carbons (Fsp3) is 0.500. The van der Waals surface area contributed by atoms with Gasteiger partial charge in [0.2, 0.25) is 0 Å². The summed E-state index contributed by atoms with van der Waals surface area (Å²) in [5.41, 5.74) is 3.80. The Balaban J connectivity index is 2.35. The summed E-state index contributed by atoms with van der Waals surface area (Å²) < 4.78 is 5.46. The van der Waals surface area contributed by atoms with E-state index in [0.29, 0.717) is 6.54 Å². The van der Waals surface area contributed by atoms with Crippen molar-refractivity contribution in [3.05, 3.63) is 29.8 Å². The average Bonchev–Trinajstić information content (AvgIpc) is 2.34. The third-order valence-corrected chi connectivity index (χ3v) is 2.21. The first-order chi connectivity index (χ1) is 7.76. The first kappa shape index (κ1) is 13.0. The van der Waals surface area contributed by atoms with Crippen LogP contribution in [0.2, 0.25) is 0 Å². The number of aliphatic hydroxyl groups excluding tert-OH is 1. The average molecular weight is 225 g/mol. The van der Waals surface area contributed by atoms with Crippen LogP contribution in [0.4, 0.5) is 0 Å². The summed E-state index contributed by atoms with van der Waals surface area (Å²) in [6.45, 7) is 2.70. The smallest absolute Gasteiger partial charge is 0.119 e. The molecule has 4 heteroatoms. The van der Waals surface area contributed by atoms with E-state index in [9.17, 15) is 5.11 Å². The second-order valence-electron chi connectivity index (χ2n) is 3.52. The van der Waals surface area contributed by atoms with Crippen molar-refractivity contribution < 1.29 is 14.7 Å². The Hall–Kier alpha value is -1.10. The monoisotopic (exact) mass is 225 g/mol. The topological polar surface area (TPSA) is 50.7 Å². The number of aryl methyl sites for hydroxylation is 1. The number of rotatable bonds is 7. The molecule has 2 N–H and O–H groups in total. The minimum atomic E-state index is -0.578. The van der Waals surface area contributed by atoms with Gasteiger partial charge in [0.25, 0.3) is 0 Å². The zero-order chi connectivity index (χ0) is 11.8. The molecule has 0 saturated heterocycles. The highest BCUT2D eigenvalue weighted by Crippen LogP contribution is 2.13. The van der Waals surface area contributed by atoms with Crippen molar-refractivity contribution in [3.8, 4) is 5.75 Å². The number of aliphatic hydroxyl groups is 1. The molecule has 0 heterocycles. The molecule has 0 aliphatic heterocycles. The van der Waals surface area contributed by atoms with Gasteiger partial charge in [0.15, 0.2) is 0 Å². The maximum absolute atomic E-state index is 9.50. The lowest BCUT2D eigenvalue weighted by molar-refractivity contribution is 0.0322. The fourth-order valence-electron chi connectivity index (χ4n) is 1.29. The van der Waals surface area contributed by atoms with Gasteiger partial charge in [-0.2, -0.15) is 0 Å². The van der Waals surface area contributed by atoms with E-state index in [2.05, 4.69) is 23.3 Å². The number of hydroxylamine groups is 1. The molecule has 1 aromatic carbocycles. The van der Waals surface area contributed by atoms with E-state index in [1.165, 1.54) is 12.7 Å². The van der Waals surface area contributed by atoms with Crippen molar-refractivity contribution in [2.45, 2.75) is 19.4 Å². The van der Waals surface area contributed by atoms with Crippen LogP contribution in [0.1, 0.15) is 12.5 Å². The SMILES string of the molecule is CCc1cccc(OCC(O)CNOC)c1. The van der Waals surface area contributed by atoms with Crippen LogP contribution in [-0.4, -0.2) is 31.5 Å². The minimum Gasteiger partial charge on any atom is -0.491 e. The lowest BCUT2D eigenvalue weighted by Gasteiger charge is -2.12. The number of nitrogens with one attached hydrogen (secondary N) is 1. The van der Waals surface area contributed by atoms with Gasteiger partial charge in [0, 0.05) is 0 Å². The summed E-state index contributed by atoms with van der Waals surface area (Å²) in [6, 6.07) is 7.87. The predicted octanol–water partition coefficient (Wildman–Crippen LogP) is 1.14. The lowest BCUT2D eigenvalue weighted by Crippen LogP contribution is -2.30. The number of benzene rings is 1. The zero-order valence-corrected chi connectivity index (χ0v) is 9.77. The predicted molar refractivity (Wildman–Crippen MR) is 62.3 cm³/mol. The van der Waals surface area contributed by atoms with Crippen LogP contribution in [0.25, 0.3) is 0 Å². The molecule has 0 saturated carbocycles. The molecule has 1 aromatic rings. The van der Waals surface area contributed by atoms with E-state index < -0.39 is 6.10 Å². The highest BCUT2D eigenvalue weighted by atomic mass is 16.6. The Bertz CT molecular complexity index is 304. The molecule has 0 aromatic heterocycles. The van der Waals surface area contributed by atoms with E-state index >= 15 is 0 Å². The summed E-state index contributed by atoms with van der Waals surface area (Å²) in [6.07, 6.45) is 0.399. The van der Waals surface area contributed by atoms with Crippen molar-refractivity contribution in [1.82, 2.24) is 5.48 Å². The fourth-order valence-corrected chi connectivity index (χ4v) is 1.29. The van der Waals surface area contributed by atoms with Crippen LogP contribution >= 0.6 is 0 Å². The summed E-state index contributed by atoms with van der Waals surface area (Å²) in [5.74, 6) is 0.788. The van der Waals surface area contributed by atoms with Gasteiger partial charge < -0.3 is 14.7 Å². The Morgan fingerprint density at radius 3 is 2.94 bits per heavy atom. The Morgan fingerprint density at radius 2 is 2.25 bits per heavy atom. The van der Waals surface area contributed by atoms with E-state index in [0.717, 1.165) is 12.2 Å². The normalized spacial score (nSPS) is 12.4. The molecule has 0 aliphatic carbocycles. The number of hydrogen-bond acceptors (Lipinski definition) is 4. The maximum atomic E-state index is 9.50. The van der Waals surface area contributed by atoms with Crippen LogP contribution in [0.5, 0.6) is 5.75 Å². The summed E-state index contributed by atoms with van der Waals surface area (Å²) in [5, 5.41) is 9.50. The van der Waals surface area contributed by atoms with Gasteiger partial charge in [-0.15, -0.1) is 0 Å². The van der Waals surface area contributed by atoms with Crippen molar-refractivity contribution >= 4 is 0 Å². The van der Waals surface area contributed by atoms with Crippen LogP contribution in [0, 0.1) is 0 Å². The van der Waals surface area contributed by atoms with Crippen LogP contribution in [0.15, 0.2) is 24.3 Å². The third-order valence-electron chi connectivity index (χ3n) is 2.21. The molecular formula is C12H19NO3. The van der Waals surface area contributed by atoms with Crippen LogP contribution in [0.3, 0.4) is 0 Å². The maximum Gasteiger partial charge on any atom is 0.119 e. The molecule has 0 amide bonds. The van der Waals surface area contributed by atoms with Crippen molar-refractivity contribution in [3.63, 3.8) is 0 Å². The van der Waals surface area contributed by atoms with Gasteiger partial charge in [0.05, 0.1) is 13.7 Å². The molecule has 0 bridgehead atoms. The van der Waals surface area contributed by atoms with Crippen LogP contribution in [-0.2, 0) is 11.3 Å². The summed E-state index contributed by atoms with van der Waals surface area (Å²) in [7, 11) is 1.51. The van der Waals surface area contributed by atoms with Gasteiger partial charge in [-0.25, -0.2) is 5.48 Å². The number of ether oxygens (including phenoxy) is 1. The first-order valence-corrected chi connectivity index (χ1v) is 5.42. The molecule has 4 nitrogen and oxygen atoms in total. The lowest BCUT2D eigenvalue weighted by atomic mass is 10.2. The van der Waals surface area contributed by atoms with Crippen molar-refractivity contribution in [2.24, 2.45) is 0 Å². The van der Waals surface area contributed by atoms with E-state index in [-0.39, 0.29) is 6.61 Å². The molecule has 1 unspecified atom stereocenters. The number of hydrogen-bond donors (Lipinski definition) is 2. The molecule has 1 rings (SSSR count). The van der Waals surface area contributed by atoms with E-state index in [1.54, 1.807) is 0 Å². The molecular weight excluding hydrogens is 206 g/mol. The van der Waals surface area contributed by atoms with Crippen molar-refractivity contribution in [1.29, 1.82) is 0 Å². The Morgan fingerprint density at radius 1 is 1.44 bits per heavy atom. The highest BCUT2D eigenvalue weighted by molar-refractivity contribution is 5.28.